The molecule has 1 N–H and O–H groups in total. The molecule has 4 nitrogen and oxygen atoms in total. The first-order valence-corrected chi connectivity index (χ1v) is 9.56. The number of aliphatic hydroxyl groups excluding tert-OH is 1. The molecule has 0 spiro atoms. The minimum atomic E-state index is -0.888. The number of pyridine rings is 1. The summed E-state index contributed by atoms with van der Waals surface area (Å²) in [5.74, 6) is -0.816. The average molecular weight is 419 g/mol. The lowest BCUT2D eigenvalue weighted by atomic mass is 9.88. The largest absolute Gasteiger partial charge is 0.385 e. The predicted octanol–water partition coefficient (Wildman–Crippen LogP) is 4.42. The van der Waals surface area contributed by atoms with Crippen molar-refractivity contribution in [3.05, 3.63) is 77.2 Å². The van der Waals surface area contributed by atoms with E-state index in [9.17, 15) is 14.3 Å². The zero-order chi connectivity index (χ0) is 19.0. The average Bonchev–Trinajstić information content (AvgIpc) is 3.28. The van der Waals surface area contributed by atoms with Crippen molar-refractivity contribution < 1.29 is 14.3 Å². The van der Waals surface area contributed by atoms with E-state index < -0.39 is 12.1 Å². The van der Waals surface area contributed by atoms with Crippen LogP contribution in [0.1, 0.15) is 28.9 Å². The van der Waals surface area contributed by atoms with Gasteiger partial charge in [0.2, 0.25) is 5.91 Å². The van der Waals surface area contributed by atoms with Crippen molar-refractivity contribution >= 4 is 29.7 Å². The number of amides is 1. The lowest BCUT2D eigenvalue weighted by molar-refractivity contribution is -0.128. The molecule has 0 aliphatic carbocycles. The third-order valence-corrected chi connectivity index (χ3v) is 6.34. The van der Waals surface area contributed by atoms with Crippen molar-refractivity contribution in [2.45, 2.75) is 24.5 Å². The van der Waals surface area contributed by atoms with Crippen LogP contribution in [0.25, 0.3) is 10.4 Å². The van der Waals surface area contributed by atoms with Gasteiger partial charge in [0, 0.05) is 47.1 Å². The topological polar surface area (TPSA) is 53.4 Å². The zero-order valence-corrected chi connectivity index (χ0v) is 16.8. The number of likely N-dealkylation sites (N-methyl/N-ethyl adjacent to an activating group) is 1. The summed E-state index contributed by atoms with van der Waals surface area (Å²) in [7, 11) is 1.67. The highest BCUT2D eigenvalue weighted by Crippen LogP contribution is 2.43. The first-order valence-electron chi connectivity index (χ1n) is 8.74. The number of thiophene rings is 1. The molecule has 28 heavy (non-hydrogen) atoms. The van der Waals surface area contributed by atoms with Crippen molar-refractivity contribution in [1.82, 2.24) is 9.88 Å². The van der Waals surface area contributed by atoms with Gasteiger partial charge in [-0.05, 0) is 29.8 Å². The third kappa shape index (κ3) is 3.68. The Balaban J connectivity index is 0.00000225. The van der Waals surface area contributed by atoms with Crippen LogP contribution < -0.4 is 0 Å². The molecule has 3 atom stereocenters. The molecule has 1 amide bonds. The van der Waals surface area contributed by atoms with Gasteiger partial charge in [0.1, 0.15) is 11.9 Å². The summed E-state index contributed by atoms with van der Waals surface area (Å²) in [4.78, 5) is 19.7. The van der Waals surface area contributed by atoms with Gasteiger partial charge < -0.3 is 10.0 Å². The molecule has 1 aromatic carbocycles. The normalized spacial score (nSPS) is 20.1. The molecule has 1 fully saturated rings. The molecule has 7 heteroatoms. The number of rotatable bonds is 4. The molecular formula is C21H20ClFN2O2S. The summed E-state index contributed by atoms with van der Waals surface area (Å²) in [6.45, 7) is 0. The molecule has 3 heterocycles. The number of halogens is 2. The first-order chi connectivity index (χ1) is 13.1. The van der Waals surface area contributed by atoms with E-state index in [1.165, 1.54) is 17.4 Å². The first kappa shape index (κ1) is 20.5. The smallest absolute Gasteiger partial charge is 0.223 e. The Bertz CT molecular complexity index is 966. The van der Waals surface area contributed by atoms with Crippen molar-refractivity contribution in [3.63, 3.8) is 0 Å². The maximum Gasteiger partial charge on any atom is 0.223 e. The molecule has 1 saturated heterocycles. The third-order valence-electron chi connectivity index (χ3n) is 5.14. The Hall–Kier alpha value is -2.28. The maximum absolute atomic E-state index is 14.3. The molecule has 3 aromatic rings. The van der Waals surface area contributed by atoms with Gasteiger partial charge in [-0.2, -0.15) is 0 Å². The fourth-order valence-electron chi connectivity index (χ4n) is 3.73. The van der Waals surface area contributed by atoms with Gasteiger partial charge in [-0.1, -0.05) is 24.3 Å². The Morgan fingerprint density at radius 1 is 1.21 bits per heavy atom. The molecule has 2 aromatic heterocycles. The van der Waals surface area contributed by atoms with Crippen molar-refractivity contribution in [1.29, 1.82) is 0 Å². The van der Waals surface area contributed by atoms with Gasteiger partial charge in [-0.15, -0.1) is 23.7 Å². The van der Waals surface area contributed by atoms with Crippen LogP contribution in [0.3, 0.4) is 0 Å². The minimum absolute atomic E-state index is 0. The summed E-state index contributed by atoms with van der Waals surface area (Å²) in [5, 5.41) is 11.1. The summed E-state index contributed by atoms with van der Waals surface area (Å²) in [5.41, 5.74) is 1.45. The summed E-state index contributed by atoms with van der Waals surface area (Å²) >= 11 is 1.46. The molecule has 0 radical (unpaired) electrons. The fourth-order valence-corrected chi connectivity index (χ4v) is 4.76. The van der Waals surface area contributed by atoms with E-state index >= 15 is 0 Å². The Morgan fingerprint density at radius 3 is 2.71 bits per heavy atom. The van der Waals surface area contributed by atoms with Gasteiger partial charge in [0.25, 0.3) is 0 Å². The van der Waals surface area contributed by atoms with Crippen LogP contribution >= 0.6 is 23.7 Å². The minimum Gasteiger partial charge on any atom is -0.385 e. The predicted molar refractivity (Wildman–Crippen MR) is 110 cm³/mol. The van der Waals surface area contributed by atoms with E-state index in [0.29, 0.717) is 5.56 Å². The van der Waals surface area contributed by atoms with E-state index in [1.807, 2.05) is 24.3 Å². The molecule has 4 rings (SSSR count). The van der Waals surface area contributed by atoms with Crippen LogP contribution in [-0.2, 0) is 4.79 Å². The number of likely N-dealkylation sites (tertiary alicyclic amines) is 1. The molecular weight excluding hydrogens is 399 g/mol. The number of benzene rings is 1. The van der Waals surface area contributed by atoms with Gasteiger partial charge in [0.05, 0.1) is 6.04 Å². The number of aliphatic hydroxyl groups is 1. The molecule has 0 unspecified atom stereocenters. The number of hydrogen-bond acceptors (Lipinski definition) is 4. The Kier molecular flexibility index (Phi) is 6.13. The van der Waals surface area contributed by atoms with Crippen LogP contribution in [0, 0.1) is 5.82 Å². The van der Waals surface area contributed by atoms with Crippen LogP contribution in [-0.4, -0.2) is 34.0 Å². The number of carbonyl (C=O) groups is 1. The second-order valence-electron chi connectivity index (χ2n) is 6.72. The van der Waals surface area contributed by atoms with E-state index in [-0.39, 0.29) is 36.5 Å². The quantitative estimate of drug-likeness (QED) is 0.682. The zero-order valence-electron chi connectivity index (χ0n) is 15.2. The van der Waals surface area contributed by atoms with E-state index in [1.54, 1.807) is 42.5 Å². The highest BCUT2D eigenvalue weighted by Gasteiger charge is 2.44. The van der Waals surface area contributed by atoms with E-state index in [0.717, 1.165) is 15.3 Å². The fraction of sp³-hybridized carbons (Fsp3) is 0.238. The van der Waals surface area contributed by atoms with Gasteiger partial charge in [-0.25, -0.2) is 4.39 Å². The summed E-state index contributed by atoms with van der Waals surface area (Å²) in [6.07, 6.45) is 2.79. The second-order valence-corrected chi connectivity index (χ2v) is 7.83. The van der Waals surface area contributed by atoms with Crippen LogP contribution in [0.15, 0.2) is 60.9 Å². The standard InChI is InChI=1S/C21H19FN2O2S.ClH/c1-24-19(25)11-15(14-6-2-3-7-16(14)22)20(24)21(26)18-9-8-17(27-18)13-5-4-10-23-12-13;/h2-10,12,15,20-21,26H,11H2,1H3;1H/t15-,20-,21-;/m1./s1. The number of hydrogen-bond donors (Lipinski definition) is 1. The molecule has 0 bridgehead atoms. The number of carbonyl (C=O) groups excluding carboxylic acids is 1. The number of nitrogens with zero attached hydrogens (tertiary/aromatic N) is 2. The SMILES string of the molecule is CN1C(=O)C[C@H](c2ccccc2F)[C@@H]1[C@H](O)c1ccc(-c2cccnc2)s1.Cl. The molecule has 1 aliphatic rings. The molecule has 146 valence electrons. The van der Waals surface area contributed by atoms with Gasteiger partial charge in [-0.3, -0.25) is 9.78 Å². The van der Waals surface area contributed by atoms with Crippen LogP contribution in [0.2, 0.25) is 0 Å². The highest BCUT2D eigenvalue weighted by molar-refractivity contribution is 7.15. The summed E-state index contributed by atoms with van der Waals surface area (Å²) < 4.78 is 14.3. The van der Waals surface area contributed by atoms with Crippen molar-refractivity contribution in [3.8, 4) is 10.4 Å². The second kappa shape index (κ2) is 8.39. The number of aromatic nitrogens is 1. The molecule has 1 aliphatic heterocycles. The Morgan fingerprint density at radius 2 is 2.00 bits per heavy atom. The van der Waals surface area contributed by atoms with Gasteiger partial charge >= 0.3 is 0 Å². The van der Waals surface area contributed by atoms with Crippen LogP contribution in [0.4, 0.5) is 4.39 Å². The van der Waals surface area contributed by atoms with Crippen molar-refractivity contribution in [2.24, 2.45) is 0 Å². The maximum atomic E-state index is 14.3. The van der Waals surface area contributed by atoms with E-state index in [2.05, 4.69) is 4.98 Å². The Labute approximate surface area is 173 Å². The van der Waals surface area contributed by atoms with Crippen LogP contribution in [0.5, 0.6) is 0 Å². The summed E-state index contributed by atoms with van der Waals surface area (Å²) in [6, 6.07) is 13.6. The highest BCUT2D eigenvalue weighted by atomic mass is 35.5. The van der Waals surface area contributed by atoms with E-state index in [4.69, 9.17) is 0 Å². The van der Waals surface area contributed by atoms with Gasteiger partial charge in [0.15, 0.2) is 0 Å². The van der Waals surface area contributed by atoms with Crippen molar-refractivity contribution in [2.75, 3.05) is 7.05 Å². The molecule has 0 saturated carbocycles. The lowest BCUT2D eigenvalue weighted by Crippen LogP contribution is -2.36. The lowest BCUT2D eigenvalue weighted by Gasteiger charge is -2.29. The monoisotopic (exact) mass is 418 g/mol.